The van der Waals surface area contributed by atoms with E-state index in [9.17, 15) is 4.79 Å². The van der Waals surface area contributed by atoms with Crippen molar-refractivity contribution in [1.82, 2.24) is 10.2 Å². The lowest BCUT2D eigenvalue weighted by molar-refractivity contribution is 0.0955. The van der Waals surface area contributed by atoms with Gasteiger partial charge in [-0.1, -0.05) is 6.92 Å². The highest BCUT2D eigenvalue weighted by molar-refractivity contribution is 7.12. The maximum atomic E-state index is 11.8. The van der Waals surface area contributed by atoms with Crippen molar-refractivity contribution in [2.24, 2.45) is 5.92 Å². The van der Waals surface area contributed by atoms with Crippen LogP contribution in [0.25, 0.3) is 0 Å². The van der Waals surface area contributed by atoms with Gasteiger partial charge in [0.2, 0.25) is 0 Å². The summed E-state index contributed by atoms with van der Waals surface area (Å²) >= 11 is 1.40. The Hall–Kier alpha value is -1.07. The summed E-state index contributed by atoms with van der Waals surface area (Å²) in [7, 11) is 0. The smallest absolute Gasteiger partial charge is 0.263 e. The van der Waals surface area contributed by atoms with E-state index in [0.717, 1.165) is 25.4 Å². The van der Waals surface area contributed by atoms with E-state index in [1.54, 1.807) is 6.07 Å². The first-order valence-corrected chi connectivity index (χ1v) is 7.88. The fourth-order valence-electron chi connectivity index (χ4n) is 2.37. The van der Waals surface area contributed by atoms with Crippen LogP contribution in [-0.2, 0) is 0 Å². The summed E-state index contributed by atoms with van der Waals surface area (Å²) in [6.07, 6.45) is 3.61. The molecule has 0 saturated carbocycles. The molecule has 0 aromatic carbocycles. The minimum absolute atomic E-state index is 0.0419. The van der Waals surface area contributed by atoms with Crippen molar-refractivity contribution in [2.75, 3.05) is 31.9 Å². The largest absolute Gasteiger partial charge is 0.397 e. The van der Waals surface area contributed by atoms with Crippen molar-refractivity contribution in [3.8, 4) is 0 Å². The molecule has 0 bridgehead atoms. The summed E-state index contributed by atoms with van der Waals surface area (Å²) in [5.74, 6) is 0.831. The average Bonchev–Trinajstić information content (AvgIpc) is 2.83. The Kier molecular flexibility index (Phi) is 5.22. The molecule has 1 saturated heterocycles. The van der Waals surface area contributed by atoms with E-state index in [0.29, 0.717) is 10.6 Å². The van der Waals surface area contributed by atoms with Gasteiger partial charge in [0.05, 0.1) is 5.69 Å². The Bertz CT molecular complexity index is 411. The second kappa shape index (κ2) is 6.91. The number of piperidine rings is 1. The molecule has 106 valence electrons. The van der Waals surface area contributed by atoms with Crippen molar-refractivity contribution in [1.29, 1.82) is 0 Å². The van der Waals surface area contributed by atoms with Crippen molar-refractivity contribution < 1.29 is 4.79 Å². The van der Waals surface area contributed by atoms with Gasteiger partial charge in [-0.05, 0) is 56.3 Å². The standard InChI is InChI=1S/C14H23N3OS/c1-11-3-8-17(9-4-11)7-2-6-16-14(18)13-12(15)5-10-19-13/h5,10-11H,2-4,6-9,15H2,1H3,(H,16,18). The average molecular weight is 281 g/mol. The number of rotatable bonds is 5. The number of thiophene rings is 1. The van der Waals surface area contributed by atoms with Crippen LogP contribution < -0.4 is 11.1 Å². The molecule has 0 spiro atoms. The van der Waals surface area contributed by atoms with Crippen molar-refractivity contribution in [2.45, 2.75) is 26.2 Å². The summed E-state index contributed by atoms with van der Waals surface area (Å²) in [6.45, 7) is 6.53. The monoisotopic (exact) mass is 281 g/mol. The van der Waals surface area contributed by atoms with Gasteiger partial charge < -0.3 is 16.0 Å². The van der Waals surface area contributed by atoms with Crippen LogP contribution >= 0.6 is 11.3 Å². The van der Waals surface area contributed by atoms with Crippen LogP contribution in [0.1, 0.15) is 35.9 Å². The lowest BCUT2D eigenvalue weighted by Gasteiger charge is -2.30. The molecule has 0 aliphatic carbocycles. The molecule has 0 radical (unpaired) electrons. The number of likely N-dealkylation sites (tertiary alicyclic amines) is 1. The first-order valence-electron chi connectivity index (χ1n) is 7.00. The molecule has 1 aromatic heterocycles. The Morgan fingerprint density at radius 1 is 1.53 bits per heavy atom. The fraction of sp³-hybridized carbons (Fsp3) is 0.643. The lowest BCUT2D eigenvalue weighted by atomic mass is 9.99. The zero-order chi connectivity index (χ0) is 13.7. The number of nitrogens with one attached hydrogen (secondary N) is 1. The Labute approximate surface area is 119 Å². The second-order valence-electron chi connectivity index (χ2n) is 5.34. The van der Waals surface area contributed by atoms with Crippen LogP contribution in [0.4, 0.5) is 5.69 Å². The predicted molar refractivity (Wildman–Crippen MR) is 80.5 cm³/mol. The summed E-state index contributed by atoms with van der Waals surface area (Å²) < 4.78 is 0. The highest BCUT2D eigenvalue weighted by Gasteiger charge is 2.15. The fourth-order valence-corrected chi connectivity index (χ4v) is 3.11. The Balaban J connectivity index is 1.62. The zero-order valence-corrected chi connectivity index (χ0v) is 12.3. The minimum atomic E-state index is -0.0419. The molecule has 4 nitrogen and oxygen atoms in total. The number of carbonyl (C=O) groups is 1. The van der Waals surface area contributed by atoms with Crippen LogP contribution in [0.2, 0.25) is 0 Å². The highest BCUT2D eigenvalue weighted by Crippen LogP contribution is 2.18. The van der Waals surface area contributed by atoms with Crippen LogP contribution in [0, 0.1) is 5.92 Å². The molecule has 1 aliphatic heterocycles. The number of amides is 1. The van der Waals surface area contributed by atoms with E-state index in [4.69, 9.17) is 5.73 Å². The number of hydrogen-bond donors (Lipinski definition) is 2. The molecule has 1 aromatic rings. The van der Waals surface area contributed by atoms with Gasteiger partial charge in [0, 0.05) is 6.54 Å². The normalized spacial score (nSPS) is 17.5. The summed E-state index contributed by atoms with van der Waals surface area (Å²) in [4.78, 5) is 14.9. The zero-order valence-electron chi connectivity index (χ0n) is 11.5. The van der Waals surface area contributed by atoms with E-state index < -0.39 is 0 Å². The van der Waals surface area contributed by atoms with Gasteiger partial charge >= 0.3 is 0 Å². The topological polar surface area (TPSA) is 58.4 Å². The molecule has 0 atom stereocenters. The molecule has 1 aliphatic rings. The van der Waals surface area contributed by atoms with E-state index in [1.807, 2.05) is 5.38 Å². The molecule has 2 rings (SSSR count). The summed E-state index contributed by atoms with van der Waals surface area (Å²) in [6, 6.07) is 1.77. The van der Waals surface area contributed by atoms with Crippen molar-refractivity contribution in [3.63, 3.8) is 0 Å². The number of nitrogens with zero attached hydrogens (tertiary/aromatic N) is 1. The quantitative estimate of drug-likeness (QED) is 0.813. The number of anilines is 1. The van der Waals surface area contributed by atoms with Gasteiger partial charge in [-0.2, -0.15) is 0 Å². The van der Waals surface area contributed by atoms with E-state index in [2.05, 4.69) is 17.1 Å². The van der Waals surface area contributed by atoms with Gasteiger partial charge in [-0.3, -0.25) is 4.79 Å². The van der Waals surface area contributed by atoms with Crippen LogP contribution in [0.15, 0.2) is 11.4 Å². The third kappa shape index (κ3) is 4.21. The highest BCUT2D eigenvalue weighted by atomic mass is 32.1. The SMILES string of the molecule is CC1CCN(CCCNC(=O)c2sccc2N)CC1. The molecule has 1 amide bonds. The second-order valence-corrected chi connectivity index (χ2v) is 6.25. The lowest BCUT2D eigenvalue weighted by Crippen LogP contribution is -2.35. The van der Waals surface area contributed by atoms with Crippen molar-refractivity contribution in [3.05, 3.63) is 16.3 Å². The number of nitrogen functional groups attached to an aromatic ring is 1. The molecule has 1 fully saturated rings. The number of carbonyl (C=O) groups excluding carboxylic acids is 1. The third-order valence-corrected chi connectivity index (χ3v) is 4.64. The van der Waals surface area contributed by atoms with Gasteiger partial charge in [-0.25, -0.2) is 0 Å². The number of nitrogens with two attached hydrogens (primary N) is 1. The predicted octanol–water partition coefficient (Wildman–Crippen LogP) is 2.18. The van der Waals surface area contributed by atoms with Crippen molar-refractivity contribution >= 4 is 22.9 Å². The Morgan fingerprint density at radius 3 is 2.89 bits per heavy atom. The minimum Gasteiger partial charge on any atom is -0.397 e. The van der Waals surface area contributed by atoms with Gasteiger partial charge in [-0.15, -0.1) is 11.3 Å². The van der Waals surface area contributed by atoms with Crippen LogP contribution in [0.5, 0.6) is 0 Å². The van der Waals surface area contributed by atoms with Gasteiger partial charge in [0.25, 0.3) is 5.91 Å². The van der Waals surface area contributed by atoms with E-state index >= 15 is 0 Å². The molecular formula is C14H23N3OS. The first kappa shape index (κ1) is 14.3. The Morgan fingerprint density at radius 2 is 2.26 bits per heavy atom. The van der Waals surface area contributed by atoms with Gasteiger partial charge in [0.15, 0.2) is 0 Å². The third-order valence-electron chi connectivity index (χ3n) is 3.71. The molecular weight excluding hydrogens is 258 g/mol. The van der Waals surface area contributed by atoms with E-state index in [-0.39, 0.29) is 5.91 Å². The summed E-state index contributed by atoms with van der Waals surface area (Å²) in [5, 5.41) is 4.79. The molecule has 2 heterocycles. The van der Waals surface area contributed by atoms with Crippen LogP contribution in [-0.4, -0.2) is 37.0 Å². The van der Waals surface area contributed by atoms with Crippen LogP contribution in [0.3, 0.4) is 0 Å². The number of hydrogen-bond acceptors (Lipinski definition) is 4. The molecule has 0 unspecified atom stereocenters. The van der Waals surface area contributed by atoms with Gasteiger partial charge in [0.1, 0.15) is 4.88 Å². The molecule has 19 heavy (non-hydrogen) atoms. The maximum Gasteiger partial charge on any atom is 0.263 e. The summed E-state index contributed by atoms with van der Waals surface area (Å²) in [5.41, 5.74) is 6.29. The maximum absolute atomic E-state index is 11.8. The van der Waals surface area contributed by atoms with E-state index in [1.165, 1.54) is 37.3 Å². The molecule has 3 N–H and O–H groups in total. The molecule has 5 heteroatoms. The first-order chi connectivity index (χ1) is 9.16.